The summed E-state index contributed by atoms with van der Waals surface area (Å²) >= 11 is 0. The van der Waals surface area contributed by atoms with Crippen LogP contribution in [0.3, 0.4) is 0 Å². The van der Waals surface area contributed by atoms with Gasteiger partial charge in [0.15, 0.2) is 0 Å². The van der Waals surface area contributed by atoms with Crippen molar-refractivity contribution >= 4 is 17.9 Å². The molecule has 0 aromatic rings. The van der Waals surface area contributed by atoms with Gasteiger partial charge in [0.25, 0.3) is 0 Å². The minimum atomic E-state index is -0.964. The molecule has 0 aromatic heterocycles. The SMILES string of the molecule is NCCCC(C(=O)O)N1CCN(CC(=O)O)CCN(CC(=O)O)CC1. The average molecular weight is 360 g/mol. The molecule has 10 heteroatoms. The van der Waals surface area contributed by atoms with Gasteiger partial charge in [-0.3, -0.25) is 29.1 Å². The molecule has 10 nitrogen and oxygen atoms in total. The highest BCUT2D eigenvalue weighted by atomic mass is 16.4. The highest BCUT2D eigenvalue weighted by molar-refractivity contribution is 5.73. The minimum Gasteiger partial charge on any atom is -0.480 e. The fourth-order valence-electron chi connectivity index (χ4n) is 2.94. The molecule has 0 aliphatic carbocycles. The van der Waals surface area contributed by atoms with Crippen LogP contribution >= 0.6 is 0 Å². The number of hydrogen-bond acceptors (Lipinski definition) is 7. The zero-order valence-electron chi connectivity index (χ0n) is 14.3. The van der Waals surface area contributed by atoms with E-state index in [4.69, 9.17) is 15.9 Å². The zero-order valence-corrected chi connectivity index (χ0v) is 14.3. The Kier molecular flexibility index (Phi) is 9.35. The number of nitrogens with zero attached hydrogens (tertiary/aromatic N) is 3. The molecule has 1 unspecified atom stereocenters. The van der Waals surface area contributed by atoms with Crippen molar-refractivity contribution < 1.29 is 29.7 Å². The van der Waals surface area contributed by atoms with Gasteiger partial charge in [-0.2, -0.15) is 0 Å². The lowest BCUT2D eigenvalue weighted by atomic mass is 10.1. The van der Waals surface area contributed by atoms with Gasteiger partial charge in [0.05, 0.1) is 13.1 Å². The molecule has 1 aliphatic heterocycles. The zero-order chi connectivity index (χ0) is 18.8. The number of carbonyl (C=O) groups is 3. The van der Waals surface area contributed by atoms with Crippen molar-refractivity contribution in [1.82, 2.24) is 14.7 Å². The van der Waals surface area contributed by atoms with Gasteiger partial charge in [0, 0.05) is 39.3 Å². The van der Waals surface area contributed by atoms with Crippen LogP contribution in [0.2, 0.25) is 0 Å². The highest BCUT2D eigenvalue weighted by Gasteiger charge is 2.27. The Bertz CT molecular complexity index is 433. The quantitative estimate of drug-likeness (QED) is 0.374. The average Bonchev–Trinajstić information content (AvgIpc) is 2.59. The Morgan fingerprint density at radius 1 is 0.840 bits per heavy atom. The van der Waals surface area contributed by atoms with Gasteiger partial charge in [0.1, 0.15) is 6.04 Å². The molecule has 1 aliphatic rings. The number of aliphatic carboxylic acids is 3. The summed E-state index contributed by atoms with van der Waals surface area (Å²) < 4.78 is 0. The molecule has 1 fully saturated rings. The molecule has 0 bridgehead atoms. The lowest BCUT2D eigenvalue weighted by Crippen LogP contribution is -2.47. The predicted octanol–water partition coefficient (Wildman–Crippen LogP) is -1.73. The Hall–Kier alpha value is -1.75. The lowest BCUT2D eigenvalue weighted by Gasteiger charge is -2.30. The maximum atomic E-state index is 11.6. The van der Waals surface area contributed by atoms with Gasteiger partial charge >= 0.3 is 17.9 Å². The smallest absolute Gasteiger partial charge is 0.320 e. The first kappa shape index (κ1) is 21.3. The molecule has 1 rings (SSSR count). The summed E-state index contributed by atoms with van der Waals surface area (Å²) in [6, 6.07) is -0.708. The molecule has 25 heavy (non-hydrogen) atoms. The lowest BCUT2D eigenvalue weighted by molar-refractivity contribution is -0.144. The summed E-state index contributed by atoms with van der Waals surface area (Å²) in [4.78, 5) is 38.8. The maximum absolute atomic E-state index is 11.6. The molecule has 1 saturated heterocycles. The molecule has 144 valence electrons. The second-order valence-electron chi connectivity index (χ2n) is 6.16. The normalized spacial score (nSPS) is 19.6. The van der Waals surface area contributed by atoms with Gasteiger partial charge < -0.3 is 21.1 Å². The number of carboxylic acid groups (broad SMARTS) is 3. The van der Waals surface area contributed by atoms with E-state index >= 15 is 0 Å². The number of hydrogen-bond donors (Lipinski definition) is 4. The van der Waals surface area contributed by atoms with E-state index in [0.29, 0.717) is 58.7 Å². The van der Waals surface area contributed by atoms with E-state index in [1.54, 1.807) is 14.7 Å². The molecule has 0 amide bonds. The van der Waals surface area contributed by atoms with Crippen molar-refractivity contribution in [1.29, 1.82) is 0 Å². The van der Waals surface area contributed by atoms with Crippen LogP contribution in [-0.2, 0) is 14.4 Å². The first-order valence-corrected chi connectivity index (χ1v) is 8.38. The van der Waals surface area contributed by atoms with E-state index in [9.17, 15) is 19.5 Å². The van der Waals surface area contributed by atoms with Crippen LogP contribution in [0.4, 0.5) is 0 Å². The second kappa shape index (κ2) is 11.0. The third-order valence-electron chi connectivity index (χ3n) is 4.26. The molecule has 0 spiro atoms. The van der Waals surface area contributed by atoms with Gasteiger partial charge in [0.2, 0.25) is 0 Å². The van der Waals surface area contributed by atoms with Crippen LogP contribution in [0, 0.1) is 0 Å². The fourth-order valence-corrected chi connectivity index (χ4v) is 2.94. The van der Waals surface area contributed by atoms with Crippen LogP contribution in [-0.4, -0.2) is 113 Å². The standard InChI is InChI=1S/C15H28N4O6/c16-3-1-2-12(15(24)25)19-8-6-17(10-13(20)21)4-5-18(7-9-19)11-14(22)23/h12H,1-11,16H2,(H,20,21)(H,22,23)(H,24,25). The minimum absolute atomic E-state index is 0.157. The summed E-state index contributed by atoms with van der Waals surface area (Å²) in [7, 11) is 0. The Morgan fingerprint density at radius 2 is 1.28 bits per heavy atom. The van der Waals surface area contributed by atoms with Gasteiger partial charge in [-0.1, -0.05) is 0 Å². The van der Waals surface area contributed by atoms with Crippen LogP contribution in [0.5, 0.6) is 0 Å². The number of rotatable bonds is 9. The Morgan fingerprint density at radius 3 is 1.64 bits per heavy atom. The van der Waals surface area contributed by atoms with Crippen LogP contribution in [0.15, 0.2) is 0 Å². The van der Waals surface area contributed by atoms with Crippen molar-refractivity contribution in [2.45, 2.75) is 18.9 Å². The van der Waals surface area contributed by atoms with Gasteiger partial charge in [-0.05, 0) is 19.4 Å². The van der Waals surface area contributed by atoms with Crippen LogP contribution in [0.1, 0.15) is 12.8 Å². The molecular formula is C15H28N4O6. The summed E-state index contributed by atoms with van der Waals surface area (Å²) in [5.74, 6) is -2.87. The van der Waals surface area contributed by atoms with Crippen molar-refractivity contribution in [2.75, 3.05) is 58.9 Å². The number of carboxylic acids is 3. The largest absolute Gasteiger partial charge is 0.480 e. The summed E-state index contributed by atoms with van der Waals surface area (Å²) in [5.41, 5.74) is 5.48. The Labute approximate surface area is 146 Å². The molecule has 1 atom stereocenters. The second-order valence-corrected chi connectivity index (χ2v) is 6.16. The monoisotopic (exact) mass is 360 g/mol. The summed E-state index contributed by atoms with van der Waals surface area (Å²) in [6.45, 7) is 2.59. The molecule has 0 radical (unpaired) electrons. The molecular weight excluding hydrogens is 332 g/mol. The first-order chi connectivity index (χ1) is 11.8. The van der Waals surface area contributed by atoms with Crippen molar-refractivity contribution in [3.05, 3.63) is 0 Å². The molecule has 0 saturated carbocycles. The van der Waals surface area contributed by atoms with E-state index in [1.807, 2.05) is 0 Å². The van der Waals surface area contributed by atoms with Crippen LogP contribution in [0.25, 0.3) is 0 Å². The van der Waals surface area contributed by atoms with E-state index < -0.39 is 23.9 Å². The highest BCUT2D eigenvalue weighted by Crippen LogP contribution is 2.10. The summed E-state index contributed by atoms with van der Waals surface area (Å²) in [6.07, 6.45) is 0.981. The van der Waals surface area contributed by atoms with Crippen molar-refractivity contribution in [2.24, 2.45) is 5.73 Å². The van der Waals surface area contributed by atoms with E-state index in [2.05, 4.69) is 0 Å². The molecule has 5 N–H and O–H groups in total. The van der Waals surface area contributed by atoms with E-state index in [0.717, 1.165) is 0 Å². The van der Waals surface area contributed by atoms with Gasteiger partial charge in [-0.15, -0.1) is 0 Å². The maximum Gasteiger partial charge on any atom is 0.320 e. The summed E-state index contributed by atoms with van der Waals surface area (Å²) in [5, 5.41) is 27.5. The fraction of sp³-hybridized carbons (Fsp3) is 0.800. The third-order valence-corrected chi connectivity index (χ3v) is 4.26. The molecule has 0 aromatic carbocycles. The van der Waals surface area contributed by atoms with Crippen LogP contribution < -0.4 is 5.73 Å². The Balaban J connectivity index is 2.86. The van der Waals surface area contributed by atoms with Gasteiger partial charge in [-0.25, -0.2) is 0 Å². The molecule has 1 heterocycles. The number of nitrogens with two attached hydrogens (primary N) is 1. The topological polar surface area (TPSA) is 148 Å². The van der Waals surface area contributed by atoms with Crippen molar-refractivity contribution in [3.8, 4) is 0 Å². The van der Waals surface area contributed by atoms with Crippen molar-refractivity contribution in [3.63, 3.8) is 0 Å². The first-order valence-electron chi connectivity index (χ1n) is 8.38. The third kappa shape index (κ3) is 8.25. The van der Waals surface area contributed by atoms with E-state index in [1.165, 1.54) is 0 Å². The van der Waals surface area contributed by atoms with E-state index in [-0.39, 0.29) is 13.1 Å². The predicted molar refractivity (Wildman–Crippen MR) is 89.4 cm³/mol.